The summed E-state index contributed by atoms with van der Waals surface area (Å²) < 4.78 is 5.40. The van der Waals surface area contributed by atoms with Crippen molar-refractivity contribution in [3.05, 3.63) is 28.8 Å². The summed E-state index contributed by atoms with van der Waals surface area (Å²) in [5, 5.41) is 11.7. The average Bonchev–Trinajstić information content (AvgIpc) is 2.34. The highest BCUT2D eigenvalue weighted by atomic mass is 16.5. The number of carboxylic acids is 1. The smallest absolute Gasteiger partial charge is 0.304 e. The van der Waals surface area contributed by atoms with E-state index in [-0.39, 0.29) is 6.42 Å². The molecule has 106 valence electrons. The molecule has 0 saturated heterocycles. The van der Waals surface area contributed by atoms with E-state index in [1.54, 1.807) is 7.11 Å². The van der Waals surface area contributed by atoms with Crippen LogP contribution in [0.25, 0.3) is 0 Å². The SMILES string of the molecule is COc1cc(C)c(CNCCC(=O)O)cc1C(C)C. The lowest BCUT2D eigenvalue weighted by Crippen LogP contribution is -2.18. The molecule has 0 aliphatic carbocycles. The molecular weight excluding hydrogens is 242 g/mol. The molecule has 0 aliphatic rings. The molecule has 0 radical (unpaired) electrons. The summed E-state index contributed by atoms with van der Waals surface area (Å²) in [5.41, 5.74) is 3.53. The number of hydrogen-bond donors (Lipinski definition) is 2. The zero-order valence-electron chi connectivity index (χ0n) is 12.1. The van der Waals surface area contributed by atoms with Crippen LogP contribution < -0.4 is 10.1 Å². The van der Waals surface area contributed by atoms with Crippen molar-refractivity contribution in [2.45, 2.75) is 39.7 Å². The number of rotatable bonds is 7. The fourth-order valence-electron chi connectivity index (χ4n) is 1.98. The van der Waals surface area contributed by atoms with Crippen molar-refractivity contribution >= 4 is 5.97 Å². The number of carbonyl (C=O) groups is 1. The molecule has 0 saturated carbocycles. The summed E-state index contributed by atoms with van der Waals surface area (Å²) in [5.74, 6) is 0.539. The molecule has 0 aromatic heterocycles. The van der Waals surface area contributed by atoms with Crippen LogP contribution in [0.2, 0.25) is 0 Å². The molecule has 1 aromatic rings. The van der Waals surface area contributed by atoms with E-state index in [9.17, 15) is 4.79 Å². The normalized spacial score (nSPS) is 10.8. The molecule has 0 spiro atoms. The van der Waals surface area contributed by atoms with Crippen LogP contribution in [0.15, 0.2) is 12.1 Å². The molecule has 1 aromatic carbocycles. The number of methoxy groups -OCH3 is 1. The summed E-state index contributed by atoms with van der Waals surface area (Å²) in [6.45, 7) is 7.48. The van der Waals surface area contributed by atoms with Crippen LogP contribution in [0.3, 0.4) is 0 Å². The molecule has 0 atom stereocenters. The Kier molecular flexibility index (Phi) is 5.83. The van der Waals surface area contributed by atoms with Gasteiger partial charge in [0.1, 0.15) is 5.75 Å². The van der Waals surface area contributed by atoms with E-state index in [1.807, 2.05) is 13.0 Å². The second kappa shape index (κ2) is 7.14. The highest BCUT2D eigenvalue weighted by Crippen LogP contribution is 2.29. The van der Waals surface area contributed by atoms with Gasteiger partial charge in [0.2, 0.25) is 0 Å². The van der Waals surface area contributed by atoms with Crippen LogP contribution in [0, 0.1) is 6.92 Å². The van der Waals surface area contributed by atoms with Gasteiger partial charge in [-0.3, -0.25) is 4.79 Å². The number of carboxylic acid groups (broad SMARTS) is 1. The Morgan fingerprint density at radius 2 is 2.11 bits per heavy atom. The molecule has 0 fully saturated rings. The number of aliphatic carboxylic acids is 1. The first-order chi connectivity index (χ1) is 8.95. The molecule has 0 heterocycles. The van der Waals surface area contributed by atoms with E-state index in [4.69, 9.17) is 9.84 Å². The minimum absolute atomic E-state index is 0.145. The fraction of sp³-hybridized carbons (Fsp3) is 0.533. The summed E-state index contributed by atoms with van der Waals surface area (Å²) in [6, 6.07) is 4.19. The molecule has 0 aliphatic heterocycles. The van der Waals surface area contributed by atoms with E-state index < -0.39 is 5.97 Å². The van der Waals surface area contributed by atoms with E-state index in [1.165, 1.54) is 11.1 Å². The second-order valence-electron chi connectivity index (χ2n) is 5.00. The third kappa shape index (κ3) is 4.56. The molecule has 4 nitrogen and oxygen atoms in total. The second-order valence-corrected chi connectivity index (χ2v) is 5.00. The van der Waals surface area contributed by atoms with Gasteiger partial charge in [0.25, 0.3) is 0 Å². The van der Waals surface area contributed by atoms with Crippen molar-refractivity contribution in [2.24, 2.45) is 0 Å². The first-order valence-electron chi connectivity index (χ1n) is 6.55. The van der Waals surface area contributed by atoms with Gasteiger partial charge in [0, 0.05) is 13.1 Å². The molecule has 0 bridgehead atoms. The first-order valence-corrected chi connectivity index (χ1v) is 6.55. The lowest BCUT2D eigenvalue weighted by Gasteiger charge is -2.16. The zero-order valence-corrected chi connectivity index (χ0v) is 12.1. The number of aryl methyl sites for hydroxylation is 1. The molecule has 2 N–H and O–H groups in total. The average molecular weight is 265 g/mol. The highest BCUT2D eigenvalue weighted by molar-refractivity contribution is 5.66. The monoisotopic (exact) mass is 265 g/mol. The Bertz CT molecular complexity index is 441. The third-order valence-electron chi connectivity index (χ3n) is 3.14. The van der Waals surface area contributed by atoms with Crippen LogP contribution in [-0.4, -0.2) is 24.7 Å². The first kappa shape index (κ1) is 15.5. The predicted molar refractivity (Wildman–Crippen MR) is 75.8 cm³/mol. The van der Waals surface area contributed by atoms with E-state index >= 15 is 0 Å². The van der Waals surface area contributed by atoms with E-state index in [0.29, 0.717) is 19.0 Å². The molecular formula is C15H23NO3. The van der Waals surface area contributed by atoms with E-state index in [2.05, 4.69) is 25.2 Å². The molecule has 0 unspecified atom stereocenters. The van der Waals surface area contributed by atoms with Gasteiger partial charge in [-0.1, -0.05) is 19.9 Å². The standard InChI is InChI=1S/C15H23NO3/c1-10(2)13-8-12(9-16-6-5-15(17)18)11(3)7-14(13)19-4/h7-8,10,16H,5-6,9H2,1-4H3,(H,17,18). The summed E-state index contributed by atoms with van der Waals surface area (Å²) in [6.07, 6.45) is 0.145. The Hall–Kier alpha value is -1.55. The number of ether oxygens (including phenoxy) is 1. The van der Waals surface area contributed by atoms with Crippen molar-refractivity contribution in [1.29, 1.82) is 0 Å². The van der Waals surface area contributed by atoms with Gasteiger partial charge < -0.3 is 15.2 Å². The molecule has 19 heavy (non-hydrogen) atoms. The number of benzene rings is 1. The minimum Gasteiger partial charge on any atom is -0.496 e. The van der Waals surface area contributed by atoms with Crippen molar-refractivity contribution in [2.75, 3.05) is 13.7 Å². The van der Waals surface area contributed by atoms with Crippen LogP contribution in [0.5, 0.6) is 5.75 Å². The van der Waals surface area contributed by atoms with Crippen LogP contribution in [0.4, 0.5) is 0 Å². The largest absolute Gasteiger partial charge is 0.496 e. The Labute approximate surface area is 114 Å². The van der Waals surface area contributed by atoms with Gasteiger partial charge in [0.15, 0.2) is 0 Å². The maximum atomic E-state index is 10.4. The minimum atomic E-state index is -0.776. The van der Waals surface area contributed by atoms with Crippen molar-refractivity contribution in [1.82, 2.24) is 5.32 Å². The van der Waals surface area contributed by atoms with Crippen molar-refractivity contribution in [3.63, 3.8) is 0 Å². The number of hydrogen-bond acceptors (Lipinski definition) is 3. The van der Waals surface area contributed by atoms with Gasteiger partial charge in [-0.25, -0.2) is 0 Å². The van der Waals surface area contributed by atoms with Crippen LogP contribution in [-0.2, 0) is 11.3 Å². The van der Waals surface area contributed by atoms with Gasteiger partial charge in [-0.05, 0) is 35.6 Å². The topological polar surface area (TPSA) is 58.6 Å². The molecule has 4 heteroatoms. The van der Waals surface area contributed by atoms with Gasteiger partial charge in [-0.2, -0.15) is 0 Å². The van der Waals surface area contributed by atoms with E-state index in [0.717, 1.165) is 11.3 Å². The van der Waals surface area contributed by atoms with Crippen molar-refractivity contribution < 1.29 is 14.6 Å². The summed E-state index contributed by atoms with van der Waals surface area (Å²) in [4.78, 5) is 10.4. The Morgan fingerprint density at radius 1 is 1.42 bits per heavy atom. The fourth-order valence-corrected chi connectivity index (χ4v) is 1.98. The highest BCUT2D eigenvalue weighted by Gasteiger charge is 2.11. The lowest BCUT2D eigenvalue weighted by atomic mass is 9.96. The van der Waals surface area contributed by atoms with Crippen molar-refractivity contribution in [3.8, 4) is 5.75 Å². The third-order valence-corrected chi connectivity index (χ3v) is 3.14. The van der Waals surface area contributed by atoms with Gasteiger partial charge >= 0.3 is 5.97 Å². The predicted octanol–water partition coefficient (Wildman–Crippen LogP) is 2.69. The van der Waals surface area contributed by atoms with Gasteiger partial charge in [0.05, 0.1) is 13.5 Å². The van der Waals surface area contributed by atoms with Crippen LogP contribution in [0.1, 0.15) is 42.9 Å². The quantitative estimate of drug-likeness (QED) is 0.744. The molecule has 0 amide bonds. The van der Waals surface area contributed by atoms with Crippen LogP contribution >= 0.6 is 0 Å². The zero-order chi connectivity index (χ0) is 14.4. The summed E-state index contributed by atoms with van der Waals surface area (Å²) in [7, 11) is 1.69. The maximum absolute atomic E-state index is 10.4. The number of nitrogens with one attached hydrogen (secondary N) is 1. The Balaban J connectivity index is 2.77. The summed E-state index contributed by atoms with van der Waals surface area (Å²) >= 11 is 0. The Morgan fingerprint density at radius 3 is 2.63 bits per heavy atom. The molecule has 1 rings (SSSR count). The lowest BCUT2D eigenvalue weighted by molar-refractivity contribution is -0.136. The van der Waals surface area contributed by atoms with Gasteiger partial charge in [-0.15, -0.1) is 0 Å². The maximum Gasteiger partial charge on any atom is 0.304 e.